The second kappa shape index (κ2) is 77.5. The van der Waals surface area contributed by atoms with Crippen LogP contribution in [0.15, 0.2) is 122 Å². The Kier molecular flexibility index (Phi) is 74.3. The second-order valence-corrected chi connectivity index (χ2v) is 25.3. The lowest BCUT2D eigenvalue weighted by Gasteiger charge is -2.15. The quantitative estimate of drug-likeness (QED) is 0.0373. The van der Waals surface area contributed by atoms with Crippen LogP contribution in [0.2, 0.25) is 0 Å². The van der Waals surface area contributed by atoms with Crippen LogP contribution in [0.1, 0.15) is 373 Å². The molecule has 0 aliphatic carbocycles. The number of aliphatic hydroxyl groups is 1. The van der Waals surface area contributed by atoms with E-state index < -0.39 is 6.10 Å². The molecule has 0 aromatic carbocycles. The van der Waals surface area contributed by atoms with Gasteiger partial charge in [0.2, 0.25) is 0 Å². The molecule has 5 nitrogen and oxygen atoms in total. The van der Waals surface area contributed by atoms with Crippen LogP contribution in [0.4, 0.5) is 0 Å². The number of hydrogen-bond acceptors (Lipinski definition) is 5. The van der Waals surface area contributed by atoms with Crippen molar-refractivity contribution in [2.45, 2.75) is 380 Å². The van der Waals surface area contributed by atoms with Gasteiger partial charge < -0.3 is 14.6 Å². The van der Waals surface area contributed by atoms with Crippen LogP contribution >= 0.6 is 0 Å². The van der Waals surface area contributed by atoms with Crippen LogP contribution in [0.3, 0.4) is 0 Å². The zero-order valence-corrected chi connectivity index (χ0v) is 58.2. The van der Waals surface area contributed by atoms with E-state index in [2.05, 4.69) is 135 Å². The Labute approximate surface area is 547 Å². The van der Waals surface area contributed by atoms with E-state index in [-0.39, 0.29) is 25.2 Å². The summed E-state index contributed by atoms with van der Waals surface area (Å²) in [5.74, 6) is -0.580. The number of esters is 2. The molecule has 0 aliphatic rings. The molecule has 88 heavy (non-hydrogen) atoms. The molecule has 0 aliphatic heterocycles. The molecule has 0 spiro atoms. The van der Waals surface area contributed by atoms with Crippen molar-refractivity contribution in [2.75, 3.05) is 13.2 Å². The van der Waals surface area contributed by atoms with E-state index in [1.54, 1.807) is 0 Å². The van der Waals surface area contributed by atoms with Crippen molar-refractivity contribution in [1.29, 1.82) is 0 Å². The van der Waals surface area contributed by atoms with Gasteiger partial charge in [0.15, 0.2) is 6.10 Å². The molecule has 1 N–H and O–H groups in total. The van der Waals surface area contributed by atoms with E-state index in [0.29, 0.717) is 12.8 Å². The molecule has 5 heteroatoms. The highest BCUT2D eigenvalue weighted by Gasteiger charge is 2.16. The third kappa shape index (κ3) is 74.8. The second-order valence-electron chi connectivity index (χ2n) is 25.3. The van der Waals surface area contributed by atoms with E-state index in [9.17, 15) is 14.7 Å². The van der Waals surface area contributed by atoms with Crippen LogP contribution in [-0.2, 0) is 19.1 Å². The predicted molar refractivity (Wildman–Crippen MR) is 389 cm³/mol. The van der Waals surface area contributed by atoms with E-state index in [4.69, 9.17) is 9.47 Å². The van der Waals surface area contributed by atoms with Crippen molar-refractivity contribution in [2.24, 2.45) is 0 Å². The van der Waals surface area contributed by atoms with Gasteiger partial charge in [0.1, 0.15) is 6.61 Å². The van der Waals surface area contributed by atoms with Crippen LogP contribution < -0.4 is 0 Å². The maximum atomic E-state index is 12.4. The SMILES string of the molecule is CC/C=C\C/C=C\C/C=C\C/C=C\C/C=C\C/C=C\C/C=C\CCCCCCCCCCCCCCCC(=O)OC(CO)COC(=O)CCCCCCCCCCCCCCCCCCCCCCCCCC/C=C\C/C=C\C/C=C\CCCCCCC. The van der Waals surface area contributed by atoms with E-state index in [1.165, 1.54) is 250 Å². The molecule has 506 valence electrons. The van der Waals surface area contributed by atoms with E-state index in [1.807, 2.05) is 0 Å². The molecular weight excluding hydrogens is 1080 g/mol. The smallest absolute Gasteiger partial charge is 0.306 e. The van der Waals surface area contributed by atoms with Crippen LogP contribution in [0.25, 0.3) is 0 Å². The summed E-state index contributed by atoms with van der Waals surface area (Å²) in [7, 11) is 0. The van der Waals surface area contributed by atoms with Gasteiger partial charge in [-0.05, 0) is 109 Å². The van der Waals surface area contributed by atoms with Gasteiger partial charge in [0.25, 0.3) is 0 Å². The average Bonchev–Trinajstić information content (AvgIpc) is 3.54. The summed E-state index contributed by atoms with van der Waals surface area (Å²) in [6.07, 6.45) is 114. The highest BCUT2D eigenvalue weighted by Crippen LogP contribution is 2.18. The Morgan fingerprint density at radius 1 is 0.273 bits per heavy atom. The minimum Gasteiger partial charge on any atom is -0.462 e. The van der Waals surface area contributed by atoms with Crippen molar-refractivity contribution in [1.82, 2.24) is 0 Å². The molecule has 0 bridgehead atoms. The number of aliphatic hydroxyl groups excluding tert-OH is 1. The van der Waals surface area contributed by atoms with Gasteiger partial charge in [-0.2, -0.15) is 0 Å². The Morgan fingerprint density at radius 3 is 0.739 bits per heavy atom. The first-order valence-electron chi connectivity index (χ1n) is 38.1. The van der Waals surface area contributed by atoms with Crippen molar-refractivity contribution in [3.63, 3.8) is 0 Å². The first-order valence-corrected chi connectivity index (χ1v) is 38.1. The molecule has 0 fully saturated rings. The normalized spacial score (nSPS) is 12.9. The minimum atomic E-state index is -0.779. The monoisotopic (exact) mass is 1220 g/mol. The van der Waals surface area contributed by atoms with Crippen LogP contribution in [0.5, 0.6) is 0 Å². The Hall–Kier alpha value is -3.70. The van der Waals surface area contributed by atoms with Gasteiger partial charge in [-0.15, -0.1) is 0 Å². The Balaban J connectivity index is 3.44. The molecule has 1 atom stereocenters. The van der Waals surface area contributed by atoms with Gasteiger partial charge >= 0.3 is 11.9 Å². The summed E-state index contributed by atoms with van der Waals surface area (Å²) in [5.41, 5.74) is 0. The highest BCUT2D eigenvalue weighted by atomic mass is 16.6. The molecular formula is C83H144O5. The first-order chi connectivity index (χ1) is 43.6. The molecule has 0 aromatic rings. The standard InChI is InChI=1S/C83H144O5/c1-3-5-7-9-11-13-15-17-19-21-23-25-27-29-31-33-35-37-39-40-41-42-44-45-47-49-51-53-55-57-59-61-63-65-67-69-71-73-75-77-82(85)87-80-81(79-84)88-83(86)78-76-74-72-70-68-66-64-62-60-58-56-54-52-50-48-46-43-38-36-34-32-30-28-26-24-22-20-18-16-14-12-10-8-6-4-2/h6,8,12,14-15,17-18,20-21,23-24,26-27,29-30,32,36,38,46,48,81,84H,3-5,7,9-11,13,16,19,22,25,28,31,33-35,37,39-45,47,49-80H2,1-2H3/b8-6-,14-12-,17-15-,20-18-,23-21-,26-24-,29-27-,32-30-,38-36-,48-46-. The number of carbonyl (C=O) groups excluding carboxylic acids is 2. The fraction of sp³-hybridized carbons (Fsp3) is 0.735. The van der Waals surface area contributed by atoms with Gasteiger partial charge in [-0.1, -0.05) is 373 Å². The molecule has 0 saturated heterocycles. The maximum absolute atomic E-state index is 12.4. The number of ether oxygens (including phenoxy) is 2. The topological polar surface area (TPSA) is 72.8 Å². The number of allylic oxidation sites excluding steroid dienone is 20. The number of carbonyl (C=O) groups is 2. The number of rotatable bonds is 70. The summed E-state index contributed by atoms with van der Waals surface area (Å²) in [5, 5.41) is 9.72. The van der Waals surface area contributed by atoms with Gasteiger partial charge in [0.05, 0.1) is 6.61 Å². The molecule has 0 saturated carbocycles. The summed E-state index contributed by atoms with van der Waals surface area (Å²) < 4.78 is 10.8. The van der Waals surface area contributed by atoms with Crippen LogP contribution in [0, 0.1) is 0 Å². The van der Waals surface area contributed by atoms with Gasteiger partial charge in [-0.3, -0.25) is 9.59 Å². The molecule has 1 unspecified atom stereocenters. The van der Waals surface area contributed by atoms with Crippen molar-refractivity contribution in [3.05, 3.63) is 122 Å². The zero-order chi connectivity index (χ0) is 63.3. The summed E-state index contributed by atoms with van der Waals surface area (Å²) in [4.78, 5) is 24.7. The van der Waals surface area contributed by atoms with Crippen LogP contribution in [-0.4, -0.2) is 36.4 Å². The van der Waals surface area contributed by atoms with Crippen molar-refractivity contribution in [3.8, 4) is 0 Å². The highest BCUT2D eigenvalue weighted by molar-refractivity contribution is 5.70. The summed E-state index contributed by atoms with van der Waals surface area (Å²) in [6.45, 7) is 4.05. The molecule has 0 aromatic heterocycles. The fourth-order valence-electron chi connectivity index (χ4n) is 11.1. The maximum Gasteiger partial charge on any atom is 0.306 e. The predicted octanol–water partition coefficient (Wildman–Crippen LogP) is 26.9. The third-order valence-electron chi connectivity index (χ3n) is 16.7. The lowest BCUT2D eigenvalue weighted by Crippen LogP contribution is -2.28. The Bertz CT molecular complexity index is 1720. The van der Waals surface area contributed by atoms with Gasteiger partial charge in [0, 0.05) is 12.8 Å². The lowest BCUT2D eigenvalue weighted by atomic mass is 10.0. The molecule has 0 heterocycles. The fourth-order valence-corrected chi connectivity index (χ4v) is 11.1. The largest absolute Gasteiger partial charge is 0.462 e. The lowest BCUT2D eigenvalue weighted by molar-refractivity contribution is -0.161. The summed E-state index contributed by atoms with van der Waals surface area (Å²) in [6, 6.07) is 0. The zero-order valence-electron chi connectivity index (χ0n) is 58.2. The molecule has 0 rings (SSSR count). The number of unbranched alkanes of at least 4 members (excludes halogenated alkanes) is 42. The third-order valence-corrected chi connectivity index (χ3v) is 16.7. The first kappa shape index (κ1) is 84.3. The van der Waals surface area contributed by atoms with Crippen molar-refractivity contribution >= 4 is 11.9 Å². The molecule has 0 amide bonds. The van der Waals surface area contributed by atoms with Crippen molar-refractivity contribution < 1.29 is 24.2 Å². The number of hydrogen-bond donors (Lipinski definition) is 1. The minimum absolute atomic E-state index is 0.0670. The van der Waals surface area contributed by atoms with E-state index >= 15 is 0 Å². The van der Waals surface area contributed by atoms with Gasteiger partial charge in [-0.25, -0.2) is 0 Å². The Morgan fingerprint density at radius 2 is 0.489 bits per heavy atom. The van der Waals surface area contributed by atoms with E-state index in [0.717, 1.165) is 96.3 Å². The summed E-state index contributed by atoms with van der Waals surface area (Å²) >= 11 is 0. The molecule has 0 radical (unpaired) electrons. The average molecular weight is 1220 g/mol.